The molecule has 7 heteroatoms. The van der Waals surface area contributed by atoms with Gasteiger partial charge in [0, 0.05) is 18.4 Å². The van der Waals surface area contributed by atoms with Crippen LogP contribution in [0.15, 0.2) is 27.7 Å². The van der Waals surface area contributed by atoms with Crippen molar-refractivity contribution in [2.24, 2.45) is 45.3 Å². The van der Waals surface area contributed by atoms with Crippen LogP contribution in [0, 0.1) is 56.7 Å². The second-order valence-corrected chi connectivity index (χ2v) is 15.2. The molecule has 9 atom stereocenters. The summed E-state index contributed by atoms with van der Waals surface area (Å²) in [5.74, 6) is 1.52. The Kier molecular flexibility index (Phi) is 6.16. The molecule has 3 fully saturated rings. The molecule has 6 rings (SSSR count). The number of hydrogen-bond acceptors (Lipinski definition) is 7. The molecule has 0 bridgehead atoms. The van der Waals surface area contributed by atoms with Crippen LogP contribution in [-0.4, -0.2) is 34.3 Å². The van der Waals surface area contributed by atoms with Gasteiger partial charge in [0.2, 0.25) is 11.8 Å². The van der Waals surface area contributed by atoms with E-state index in [-0.39, 0.29) is 57.7 Å². The van der Waals surface area contributed by atoms with Crippen LogP contribution in [0.25, 0.3) is 0 Å². The number of aliphatic hydroxyl groups is 1. The average Bonchev–Trinajstić information content (AvgIpc) is 3.37. The van der Waals surface area contributed by atoms with Crippen LogP contribution in [0.2, 0.25) is 0 Å². The van der Waals surface area contributed by atoms with Gasteiger partial charge in [-0.3, -0.25) is 4.79 Å². The fourth-order valence-electron chi connectivity index (χ4n) is 10.4. The smallest absolute Gasteiger partial charge is 0.242 e. The molecule has 0 aromatic carbocycles. The molecule has 0 saturated heterocycles. The Morgan fingerprint density at radius 3 is 2.52 bits per heavy atom. The number of carbonyl (C=O) groups excluding carboxylic acids is 1. The van der Waals surface area contributed by atoms with Gasteiger partial charge in [-0.25, -0.2) is 0 Å². The van der Waals surface area contributed by atoms with E-state index in [0.29, 0.717) is 17.4 Å². The summed E-state index contributed by atoms with van der Waals surface area (Å²) in [5, 5.41) is 29.7. The van der Waals surface area contributed by atoms with Crippen LogP contribution in [0.1, 0.15) is 98.3 Å². The SMILES string of the molecule is COCc1nnc([C@]23CCC(C)(C)CC2C2C(=O)C=C4[C@@]5(C)C=C(C#N)C(O)[C@@H](C)[C@@H]5CC[C@@]4(C)[C@]2(C)CC3)o1. The van der Waals surface area contributed by atoms with E-state index in [1.807, 2.05) is 12.2 Å². The van der Waals surface area contributed by atoms with E-state index in [4.69, 9.17) is 9.15 Å². The Labute approximate surface area is 238 Å². The number of aromatic nitrogens is 2. The highest BCUT2D eigenvalue weighted by Crippen LogP contribution is 2.74. The highest BCUT2D eigenvalue weighted by molar-refractivity contribution is 5.95. The number of ketones is 1. The third-order valence-electron chi connectivity index (χ3n) is 12.9. The highest BCUT2D eigenvalue weighted by Gasteiger charge is 2.70. The summed E-state index contributed by atoms with van der Waals surface area (Å²) in [4.78, 5) is 14.6. The van der Waals surface area contributed by atoms with Gasteiger partial charge in [-0.1, -0.05) is 53.2 Å². The van der Waals surface area contributed by atoms with Gasteiger partial charge in [0.05, 0.1) is 23.2 Å². The van der Waals surface area contributed by atoms with E-state index in [0.717, 1.165) is 44.9 Å². The molecule has 3 unspecified atom stereocenters. The van der Waals surface area contributed by atoms with E-state index in [1.54, 1.807) is 7.11 Å². The van der Waals surface area contributed by atoms with Gasteiger partial charge in [-0.05, 0) is 85.0 Å². The Morgan fingerprint density at radius 2 is 1.82 bits per heavy atom. The van der Waals surface area contributed by atoms with Crippen molar-refractivity contribution in [2.45, 2.75) is 105 Å². The zero-order valence-electron chi connectivity index (χ0n) is 25.2. The van der Waals surface area contributed by atoms with Gasteiger partial charge < -0.3 is 14.3 Å². The Hall–Kier alpha value is -2.30. The lowest BCUT2D eigenvalue weighted by molar-refractivity contribution is -0.160. The van der Waals surface area contributed by atoms with E-state index in [2.05, 4.69) is 57.8 Å². The maximum absolute atomic E-state index is 14.6. The van der Waals surface area contributed by atoms with Crippen LogP contribution in [0.3, 0.4) is 0 Å². The number of fused-ring (bicyclic) bond motifs is 7. The molecule has 216 valence electrons. The minimum Gasteiger partial charge on any atom is -0.422 e. The van der Waals surface area contributed by atoms with Crippen LogP contribution in [0.4, 0.5) is 0 Å². The van der Waals surface area contributed by atoms with Crippen molar-refractivity contribution in [2.75, 3.05) is 7.11 Å². The quantitative estimate of drug-likeness (QED) is 0.488. The summed E-state index contributed by atoms with van der Waals surface area (Å²) in [5.41, 5.74) is 0.566. The number of nitrogens with zero attached hydrogens (tertiary/aromatic N) is 3. The van der Waals surface area contributed by atoms with Crippen LogP contribution >= 0.6 is 0 Å². The standard InChI is InChI=1S/C33H45N3O4/c1-19-21-8-9-31(5)24(30(21,4)15-20(17-34)27(19)38)14-23(37)26-22-16-29(2,3)10-12-33(22,13-11-32(26,31)6)28-36-35-25(40-28)18-39-7/h14-15,19,21-22,26-27,38H,8-13,16,18H2,1-7H3/t19-,21-,22?,26?,27?,30-,31+,32+,33-/m0/s1. The Morgan fingerprint density at radius 1 is 1.10 bits per heavy atom. The molecule has 5 aliphatic rings. The van der Waals surface area contributed by atoms with Gasteiger partial charge in [0.1, 0.15) is 6.61 Å². The molecule has 1 N–H and O–H groups in total. The number of nitriles is 1. The molecule has 1 aromatic heterocycles. The Bertz CT molecular complexity index is 1340. The molecule has 5 aliphatic carbocycles. The van der Waals surface area contributed by atoms with Gasteiger partial charge >= 0.3 is 0 Å². The fraction of sp³-hybridized carbons (Fsp3) is 0.758. The van der Waals surface area contributed by atoms with Crippen molar-refractivity contribution in [1.29, 1.82) is 5.26 Å². The maximum Gasteiger partial charge on any atom is 0.242 e. The topological polar surface area (TPSA) is 109 Å². The predicted octanol–water partition coefficient (Wildman–Crippen LogP) is 6.09. The minimum absolute atomic E-state index is 0.0345. The Balaban J connectivity index is 1.50. The third-order valence-corrected chi connectivity index (χ3v) is 12.9. The van der Waals surface area contributed by atoms with Crippen molar-refractivity contribution in [3.63, 3.8) is 0 Å². The molecule has 40 heavy (non-hydrogen) atoms. The normalized spacial score (nSPS) is 45.7. The van der Waals surface area contributed by atoms with Crippen molar-refractivity contribution in [3.8, 4) is 6.07 Å². The first-order valence-corrected chi connectivity index (χ1v) is 15.2. The van der Waals surface area contributed by atoms with Gasteiger partial charge in [0.25, 0.3) is 0 Å². The molecular formula is C33H45N3O4. The van der Waals surface area contributed by atoms with Gasteiger partial charge in [0.15, 0.2) is 5.78 Å². The number of methoxy groups -OCH3 is 1. The fourth-order valence-corrected chi connectivity index (χ4v) is 10.4. The summed E-state index contributed by atoms with van der Waals surface area (Å²) in [6.45, 7) is 14.0. The monoisotopic (exact) mass is 547 g/mol. The lowest BCUT2D eigenvalue weighted by atomic mass is 9.35. The lowest BCUT2D eigenvalue weighted by Gasteiger charge is -2.68. The van der Waals surface area contributed by atoms with Crippen molar-refractivity contribution >= 4 is 5.78 Å². The van der Waals surface area contributed by atoms with Crippen LogP contribution in [-0.2, 0) is 21.6 Å². The first-order chi connectivity index (χ1) is 18.8. The first-order valence-electron chi connectivity index (χ1n) is 15.2. The van der Waals surface area contributed by atoms with Crippen molar-refractivity contribution in [3.05, 3.63) is 35.1 Å². The largest absolute Gasteiger partial charge is 0.422 e. The molecule has 0 aliphatic heterocycles. The average molecular weight is 548 g/mol. The minimum atomic E-state index is -0.743. The maximum atomic E-state index is 14.6. The number of allylic oxidation sites excluding steroid dienone is 3. The summed E-state index contributed by atoms with van der Waals surface area (Å²) < 4.78 is 11.5. The van der Waals surface area contributed by atoms with Crippen molar-refractivity contribution in [1.82, 2.24) is 10.2 Å². The van der Waals surface area contributed by atoms with Crippen molar-refractivity contribution < 1.29 is 19.1 Å². The summed E-state index contributed by atoms with van der Waals surface area (Å²) in [6.07, 6.45) is 9.97. The number of rotatable bonds is 3. The number of carbonyl (C=O) groups is 1. The molecular weight excluding hydrogens is 502 g/mol. The predicted molar refractivity (Wildman–Crippen MR) is 150 cm³/mol. The van der Waals surface area contributed by atoms with E-state index < -0.39 is 11.5 Å². The second-order valence-electron chi connectivity index (χ2n) is 15.2. The summed E-state index contributed by atoms with van der Waals surface area (Å²) in [7, 11) is 1.63. The number of hydrogen-bond donors (Lipinski definition) is 1. The van der Waals surface area contributed by atoms with E-state index >= 15 is 0 Å². The zero-order valence-corrected chi connectivity index (χ0v) is 25.2. The van der Waals surface area contributed by atoms with E-state index in [1.165, 1.54) is 5.57 Å². The zero-order chi connectivity index (χ0) is 28.9. The number of ether oxygens (including phenoxy) is 1. The molecule has 1 aromatic rings. The third kappa shape index (κ3) is 3.51. The number of aliphatic hydroxyl groups excluding tert-OH is 1. The molecule has 0 radical (unpaired) electrons. The molecule has 7 nitrogen and oxygen atoms in total. The summed E-state index contributed by atoms with van der Waals surface area (Å²) >= 11 is 0. The van der Waals surface area contributed by atoms with Crippen LogP contribution < -0.4 is 0 Å². The molecule has 3 saturated carbocycles. The summed E-state index contributed by atoms with van der Waals surface area (Å²) in [6, 6.07) is 2.27. The van der Waals surface area contributed by atoms with Crippen LogP contribution in [0.5, 0.6) is 0 Å². The second kappa shape index (κ2) is 8.85. The van der Waals surface area contributed by atoms with E-state index in [9.17, 15) is 15.2 Å². The lowest BCUT2D eigenvalue weighted by Crippen LogP contribution is -2.65. The molecule has 1 heterocycles. The van der Waals surface area contributed by atoms with Gasteiger partial charge in [-0.15, -0.1) is 10.2 Å². The van der Waals surface area contributed by atoms with Gasteiger partial charge in [-0.2, -0.15) is 5.26 Å². The highest BCUT2D eigenvalue weighted by atomic mass is 16.5. The molecule has 0 spiro atoms. The molecule has 0 amide bonds. The first kappa shape index (κ1) is 27.8.